The van der Waals surface area contributed by atoms with Gasteiger partial charge in [-0.15, -0.1) is 0 Å². The molecule has 0 bridgehead atoms. The summed E-state index contributed by atoms with van der Waals surface area (Å²) in [6, 6.07) is 0. The van der Waals surface area contributed by atoms with Crippen molar-refractivity contribution in [2.75, 3.05) is 0 Å². The number of esters is 1. The summed E-state index contributed by atoms with van der Waals surface area (Å²) in [7, 11) is 0. The summed E-state index contributed by atoms with van der Waals surface area (Å²) in [5.74, 6) is -14.4. The zero-order chi connectivity index (χ0) is 21.4. The third-order valence-electron chi connectivity index (χ3n) is 5.27. The first kappa shape index (κ1) is 23.3. The molecular formula is C21H25F5O3. The summed E-state index contributed by atoms with van der Waals surface area (Å²) in [6.45, 7) is 0. The van der Waals surface area contributed by atoms with E-state index in [-0.39, 0.29) is 18.1 Å². The molecule has 0 amide bonds. The van der Waals surface area contributed by atoms with Gasteiger partial charge < -0.3 is 4.74 Å². The van der Waals surface area contributed by atoms with E-state index in [1.807, 2.05) is 0 Å². The predicted octanol–water partition coefficient (Wildman–Crippen LogP) is 6.17. The van der Waals surface area contributed by atoms with Crippen molar-refractivity contribution in [3.8, 4) is 5.75 Å². The molecular weight excluding hydrogens is 395 g/mol. The summed E-state index contributed by atoms with van der Waals surface area (Å²) < 4.78 is 70.8. The molecule has 1 aromatic rings. The molecule has 0 aliphatic heterocycles. The Kier molecular flexibility index (Phi) is 9.04. The average molecular weight is 420 g/mol. The van der Waals surface area contributed by atoms with Crippen molar-refractivity contribution in [1.82, 2.24) is 0 Å². The van der Waals surface area contributed by atoms with Crippen LogP contribution in [-0.2, 0) is 9.59 Å². The first-order valence-electron chi connectivity index (χ1n) is 10.1. The van der Waals surface area contributed by atoms with Gasteiger partial charge in [0.1, 0.15) is 5.78 Å². The van der Waals surface area contributed by atoms with Crippen molar-refractivity contribution in [2.24, 2.45) is 5.92 Å². The van der Waals surface area contributed by atoms with E-state index >= 15 is 0 Å². The molecule has 1 aliphatic carbocycles. The molecule has 162 valence electrons. The van der Waals surface area contributed by atoms with Crippen molar-refractivity contribution < 1.29 is 36.3 Å². The maximum atomic E-state index is 13.6. The lowest BCUT2D eigenvalue weighted by Gasteiger charge is -2.15. The molecule has 0 radical (unpaired) electrons. The highest BCUT2D eigenvalue weighted by Crippen LogP contribution is 2.30. The number of carbonyl (C=O) groups is 2. The molecule has 0 N–H and O–H groups in total. The number of rotatable bonds is 5. The topological polar surface area (TPSA) is 43.4 Å². The van der Waals surface area contributed by atoms with Crippen LogP contribution in [0.3, 0.4) is 0 Å². The van der Waals surface area contributed by atoms with Crippen LogP contribution in [0, 0.1) is 35.0 Å². The second-order valence-electron chi connectivity index (χ2n) is 7.44. The number of ether oxygens (including phenoxy) is 1. The smallest absolute Gasteiger partial charge is 0.311 e. The zero-order valence-corrected chi connectivity index (χ0v) is 16.2. The van der Waals surface area contributed by atoms with E-state index in [4.69, 9.17) is 0 Å². The highest BCUT2D eigenvalue weighted by Gasteiger charge is 2.29. The number of hydrogen-bond donors (Lipinski definition) is 0. The van der Waals surface area contributed by atoms with Crippen LogP contribution in [0.2, 0.25) is 0 Å². The van der Waals surface area contributed by atoms with Crippen LogP contribution in [0.4, 0.5) is 22.0 Å². The molecule has 3 nitrogen and oxygen atoms in total. The zero-order valence-electron chi connectivity index (χ0n) is 16.2. The Morgan fingerprint density at radius 1 is 0.655 bits per heavy atom. The fraction of sp³-hybridized carbons (Fsp3) is 0.619. The molecule has 1 fully saturated rings. The first-order valence-corrected chi connectivity index (χ1v) is 10.1. The summed E-state index contributed by atoms with van der Waals surface area (Å²) in [5.41, 5.74) is 0. The fourth-order valence-electron chi connectivity index (χ4n) is 3.58. The van der Waals surface area contributed by atoms with E-state index in [2.05, 4.69) is 4.74 Å². The van der Waals surface area contributed by atoms with E-state index in [0.717, 1.165) is 51.4 Å². The molecule has 0 aromatic heterocycles. The van der Waals surface area contributed by atoms with Gasteiger partial charge in [0.05, 0.1) is 6.42 Å². The second-order valence-corrected chi connectivity index (χ2v) is 7.44. The highest BCUT2D eigenvalue weighted by molar-refractivity contribution is 5.85. The van der Waals surface area contributed by atoms with Gasteiger partial charge in [0.25, 0.3) is 0 Å². The van der Waals surface area contributed by atoms with Crippen molar-refractivity contribution in [2.45, 2.75) is 77.0 Å². The second kappa shape index (κ2) is 11.3. The predicted molar refractivity (Wildman–Crippen MR) is 95.8 cm³/mol. The number of ketones is 1. The molecule has 0 spiro atoms. The summed E-state index contributed by atoms with van der Waals surface area (Å²) in [6.07, 6.45) is 9.37. The molecule has 8 heteroatoms. The van der Waals surface area contributed by atoms with Crippen LogP contribution in [0.1, 0.15) is 77.0 Å². The largest absolute Gasteiger partial charge is 0.420 e. The van der Waals surface area contributed by atoms with Crippen LogP contribution < -0.4 is 4.74 Å². The van der Waals surface area contributed by atoms with Crippen molar-refractivity contribution >= 4 is 11.8 Å². The number of benzene rings is 1. The normalized spacial score (nSPS) is 16.9. The maximum absolute atomic E-state index is 13.6. The third kappa shape index (κ3) is 6.51. The monoisotopic (exact) mass is 420 g/mol. The summed E-state index contributed by atoms with van der Waals surface area (Å²) in [4.78, 5) is 24.3. The maximum Gasteiger partial charge on any atom is 0.311 e. The molecule has 0 unspecified atom stereocenters. The van der Waals surface area contributed by atoms with E-state index in [9.17, 15) is 31.5 Å². The number of halogens is 5. The lowest BCUT2D eigenvalue weighted by molar-refractivity contribution is -0.137. The van der Waals surface area contributed by atoms with Gasteiger partial charge in [0.15, 0.2) is 0 Å². The summed E-state index contributed by atoms with van der Waals surface area (Å²) in [5, 5.41) is 0. The molecule has 0 saturated heterocycles. The average Bonchev–Trinajstić information content (AvgIpc) is 2.78. The number of Topliss-reactive ketones (excluding diaryl/α,β-unsaturated/α-hetero) is 1. The van der Waals surface area contributed by atoms with Crippen LogP contribution in [0.15, 0.2) is 0 Å². The van der Waals surface area contributed by atoms with E-state index < -0.39 is 47.2 Å². The molecule has 1 aromatic carbocycles. The minimum Gasteiger partial charge on any atom is -0.420 e. The molecule has 1 saturated carbocycles. The van der Waals surface area contributed by atoms with Gasteiger partial charge >= 0.3 is 5.97 Å². The molecule has 1 aliphatic rings. The van der Waals surface area contributed by atoms with Gasteiger partial charge in [-0.2, -0.15) is 8.78 Å². The van der Waals surface area contributed by atoms with Crippen molar-refractivity contribution in [3.63, 3.8) is 0 Å². The Balaban J connectivity index is 1.93. The summed E-state index contributed by atoms with van der Waals surface area (Å²) >= 11 is 0. The molecule has 29 heavy (non-hydrogen) atoms. The van der Waals surface area contributed by atoms with Gasteiger partial charge in [0, 0.05) is 12.3 Å². The third-order valence-corrected chi connectivity index (χ3v) is 5.27. The standard InChI is InChI=1S/C21H25F5O3/c22-16-17(23)19(25)21(20(26)18(16)24)29-15(28)12-11-14(27)13-9-7-5-3-1-2-4-6-8-10-13/h13H,1-12H2. The lowest BCUT2D eigenvalue weighted by Crippen LogP contribution is -2.19. The Morgan fingerprint density at radius 2 is 1.07 bits per heavy atom. The van der Waals surface area contributed by atoms with Gasteiger partial charge in [-0.25, -0.2) is 13.2 Å². The Bertz CT molecular complexity index is 695. The number of hydrogen-bond acceptors (Lipinski definition) is 3. The van der Waals surface area contributed by atoms with Crippen LogP contribution >= 0.6 is 0 Å². The van der Waals surface area contributed by atoms with Crippen molar-refractivity contribution in [3.05, 3.63) is 29.1 Å². The fourth-order valence-corrected chi connectivity index (χ4v) is 3.58. The van der Waals surface area contributed by atoms with Gasteiger partial charge in [-0.1, -0.05) is 51.4 Å². The Morgan fingerprint density at radius 3 is 1.55 bits per heavy atom. The van der Waals surface area contributed by atoms with E-state index in [0.29, 0.717) is 0 Å². The SMILES string of the molecule is O=C(CCC(=O)C1CCCCCCCCCC1)Oc1c(F)c(F)c(F)c(F)c1F. The Hall–Kier alpha value is -1.99. The van der Waals surface area contributed by atoms with Gasteiger partial charge in [-0.05, 0) is 12.8 Å². The van der Waals surface area contributed by atoms with Crippen LogP contribution in [-0.4, -0.2) is 11.8 Å². The minimum absolute atomic E-state index is 0.140. The van der Waals surface area contributed by atoms with Gasteiger partial charge in [0.2, 0.25) is 34.8 Å². The van der Waals surface area contributed by atoms with Gasteiger partial charge in [-0.3, -0.25) is 9.59 Å². The first-order chi connectivity index (χ1) is 13.8. The van der Waals surface area contributed by atoms with Crippen LogP contribution in [0.5, 0.6) is 5.75 Å². The molecule has 0 heterocycles. The Labute approximate surface area is 166 Å². The minimum atomic E-state index is -2.33. The quantitative estimate of drug-likeness (QED) is 0.188. The van der Waals surface area contributed by atoms with E-state index in [1.54, 1.807) is 0 Å². The van der Waals surface area contributed by atoms with Crippen LogP contribution in [0.25, 0.3) is 0 Å². The molecule has 2 rings (SSSR count). The van der Waals surface area contributed by atoms with E-state index in [1.165, 1.54) is 12.8 Å². The number of carbonyl (C=O) groups excluding carboxylic acids is 2. The molecule has 0 atom stereocenters. The van der Waals surface area contributed by atoms with Crippen molar-refractivity contribution in [1.29, 1.82) is 0 Å². The lowest BCUT2D eigenvalue weighted by atomic mass is 9.89. The highest BCUT2D eigenvalue weighted by atomic mass is 19.2.